The molecule has 1 amide bonds. The molecule has 0 radical (unpaired) electrons. The highest BCUT2D eigenvalue weighted by Crippen LogP contribution is 2.49. The summed E-state index contributed by atoms with van der Waals surface area (Å²) in [5, 5.41) is 12.9. The standard InChI is InChI=1S/C24H25NO5S/c1-4-13-5-7-14(8-6-13)17-12(2)31-22(20(17)24(29)30-3)25-21(26)18-15-9-10-16(11-15)19(18)23(27)28/h5-10,15-16,18-19H,4,11H2,1-3H3,(H,25,26)(H,27,28)/t15-,16-,18-,19-/m0/s1. The van der Waals surface area contributed by atoms with Gasteiger partial charge < -0.3 is 15.2 Å². The first-order valence-corrected chi connectivity index (χ1v) is 11.2. The third-order valence-corrected chi connectivity index (χ3v) is 7.43. The van der Waals surface area contributed by atoms with E-state index in [0.29, 0.717) is 17.0 Å². The van der Waals surface area contributed by atoms with Gasteiger partial charge in [-0.2, -0.15) is 0 Å². The van der Waals surface area contributed by atoms with Crippen LogP contribution < -0.4 is 5.32 Å². The fraction of sp³-hybridized carbons (Fsp3) is 0.375. The van der Waals surface area contributed by atoms with Crippen molar-refractivity contribution in [3.63, 3.8) is 0 Å². The van der Waals surface area contributed by atoms with Crippen LogP contribution in [0.25, 0.3) is 11.1 Å². The number of nitrogens with one attached hydrogen (secondary N) is 1. The van der Waals surface area contributed by atoms with E-state index >= 15 is 0 Å². The summed E-state index contributed by atoms with van der Waals surface area (Å²) in [5.41, 5.74) is 3.11. The molecule has 0 aliphatic heterocycles. The van der Waals surface area contributed by atoms with Crippen LogP contribution in [0.3, 0.4) is 0 Å². The Balaban J connectivity index is 1.70. The van der Waals surface area contributed by atoms with Crippen molar-refractivity contribution < 1.29 is 24.2 Å². The summed E-state index contributed by atoms with van der Waals surface area (Å²) < 4.78 is 5.02. The number of carbonyl (C=O) groups is 3. The van der Waals surface area contributed by atoms with Crippen molar-refractivity contribution in [3.05, 3.63) is 52.4 Å². The summed E-state index contributed by atoms with van der Waals surface area (Å²) in [7, 11) is 1.31. The van der Waals surface area contributed by atoms with Gasteiger partial charge in [0.25, 0.3) is 0 Å². The van der Waals surface area contributed by atoms with Gasteiger partial charge in [0.2, 0.25) is 5.91 Å². The average molecular weight is 440 g/mol. The molecular weight excluding hydrogens is 414 g/mol. The first-order valence-electron chi connectivity index (χ1n) is 10.4. The molecule has 4 rings (SSSR count). The van der Waals surface area contributed by atoms with Crippen molar-refractivity contribution in [3.8, 4) is 11.1 Å². The molecule has 6 nitrogen and oxygen atoms in total. The third-order valence-electron chi connectivity index (χ3n) is 6.41. The number of carboxylic acid groups (broad SMARTS) is 1. The highest BCUT2D eigenvalue weighted by Gasteiger charge is 2.51. The Kier molecular flexibility index (Phi) is 5.71. The minimum absolute atomic E-state index is 0.0882. The zero-order valence-corrected chi connectivity index (χ0v) is 18.5. The second kappa shape index (κ2) is 8.30. The summed E-state index contributed by atoms with van der Waals surface area (Å²) in [5.74, 6) is -3.43. The molecule has 0 spiro atoms. The van der Waals surface area contributed by atoms with E-state index in [-0.39, 0.29) is 17.7 Å². The van der Waals surface area contributed by atoms with Crippen LogP contribution in [0, 0.1) is 30.6 Å². The molecule has 2 aliphatic carbocycles. The number of ether oxygens (including phenoxy) is 1. The van der Waals surface area contributed by atoms with Gasteiger partial charge in [-0.1, -0.05) is 43.3 Å². The number of carbonyl (C=O) groups excluding carboxylic acids is 2. The Bertz CT molecular complexity index is 1070. The minimum atomic E-state index is -0.954. The number of rotatable bonds is 6. The van der Waals surface area contributed by atoms with Crippen LogP contribution >= 0.6 is 11.3 Å². The lowest BCUT2D eigenvalue weighted by molar-refractivity contribution is -0.146. The number of hydrogen-bond acceptors (Lipinski definition) is 5. The van der Waals surface area contributed by atoms with Gasteiger partial charge in [-0.3, -0.25) is 9.59 Å². The number of allylic oxidation sites excluding steroid dienone is 2. The van der Waals surface area contributed by atoms with E-state index < -0.39 is 23.8 Å². The molecule has 1 aromatic heterocycles. The highest BCUT2D eigenvalue weighted by atomic mass is 32.1. The largest absolute Gasteiger partial charge is 0.481 e. The molecule has 1 heterocycles. The lowest BCUT2D eigenvalue weighted by atomic mass is 9.82. The number of methoxy groups -OCH3 is 1. The number of benzene rings is 1. The number of thiophene rings is 1. The number of aryl methyl sites for hydroxylation is 2. The van der Waals surface area contributed by atoms with Crippen LogP contribution in [0.1, 0.15) is 34.1 Å². The van der Waals surface area contributed by atoms with Gasteiger partial charge >= 0.3 is 11.9 Å². The number of aliphatic carboxylic acids is 1. The molecule has 7 heteroatoms. The second-order valence-electron chi connectivity index (χ2n) is 8.11. The maximum absolute atomic E-state index is 13.2. The predicted molar refractivity (Wildman–Crippen MR) is 119 cm³/mol. The molecule has 2 bridgehead atoms. The van der Waals surface area contributed by atoms with Crippen molar-refractivity contribution in [1.29, 1.82) is 0 Å². The van der Waals surface area contributed by atoms with E-state index in [1.807, 2.05) is 43.3 Å². The molecule has 2 aromatic rings. The fourth-order valence-electron chi connectivity index (χ4n) is 4.90. The summed E-state index contributed by atoms with van der Waals surface area (Å²) in [6, 6.07) is 7.97. The first-order chi connectivity index (χ1) is 14.8. The van der Waals surface area contributed by atoms with Crippen LogP contribution in [0.15, 0.2) is 36.4 Å². The molecular formula is C24H25NO5S. The van der Waals surface area contributed by atoms with Gasteiger partial charge in [-0.15, -0.1) is 11.3 Å². The predicted octanol–water partition coefficient (Wildman–Crippen LogP) is 4.53. The molecule has 1 fully saturated rings. The van der Waals surface area contributed by atoms with Crippen molar-refractivity contribution in [2.45, 2.75) is 26.7 Å². The number of carboxylic acids is 1. The Morgan fingerprint density at radius 1 is 1.13 bits per heavy atom. The van der Waals surface area contributed by atoms with E-state index in [2.05, 4.69) is 12.2 Å². The molecule has 4 atom stereocenters. The van der Waals surface area contributed by atoms with Gasteiger partial charge in [0.05, 0.1) is 18.9 Å². The summed E-state index contributed by atoms with van der Waals surface area (Å²) in [6.45, 7) is 3.98. The van der Waals surface area contributed by atoms with E-state index in [4.69, 9.17) is 4.74 Å². The van der Waals surface area contributed by atoms with Gasteiger partial charge in [0.15, 0.2) is 0 Å². The minimum Gasteiger partial charge on any atom is -0.481 e. The van der Waals surface area contributed by atoms with Crippen LogP contribution in [-0.4, -0.2) is 30.1 Å². The van der Waals surface area contributed by atoms with Gasteiger partial charge in [0.1, 0.15) is 10.6 Å². The average Bonchev–Trinajstić information content (AvgIpc) is 3.46. The SMILES string of the molecule is CCc1ccc(-c2c(C)sc(NC(=O)[C@@H]3[C@@H](C(=O)O)[C@H]4C=C[C@H]3C4)c2C(=O)OC)cc1. The Labute approximate surface area is 184 Å². The van der Waals surface area contributed by atoms with Gasteiger partial charge in [-0.25, -0.2) is 4.79 Å². The quantitative estimate of drug-likeness (QED) is 0.509. The molecule has 2 N–H and O–H groups in total. The Hall–Kier alpha value is -2.93. The van der Waals surface area contributed by atoms with Crippen molar-refractivity contribution in [2.75, 3.05) is 12.4 Å². The molecule has 1 saturated carbocycles. The monoisotopic (exact) mass is 439 g/mol. The van der Waals surface area contributed by atoms with Crippen LogP contribution in [0.4, 0.5) is 5.00 Å². The van der Waals surface area contributed by atoms with E-state index in [1.165, 1.54) is 24.0 Å². The van der Waals surface area contributed by atoms with Crippen molar-refractivity contribution in [1.82, 2.24) is 0 Å². The zero-order chi connectivity index (χ0) is 22.3. The molecule has 31 heavy (non-hydrogen) atoms. The molecule has 1 aromatic carbocycles. The number of anilines is 1. The smallest absolute Gasteiger partial charge is 0.341 e. The number of hydrogen-bond donors (Lipinski definition) is 2. The van der Waals surface area contributed by atoms with Gasteiger partial charge in [-0.05, 0) is 42.7 Å². The number of esters is 1. The number of fused-ring (bicyclic) bond motifs is 2. The van der Waals surface area contributed by atoms with Gasteiger partial charge in [0, 0.05) is 10.4 Å². The van der Waals surface area contributed by atoms with E-state index in [1.54, 1.807) is 0 Å². The topological polar surface area (TPSA) is 92.7 Å². The number of amides is 1. The summed E-state index contributed by atoms with van der Waals surface area (Å²) in [6.07, 6.45) is 5.44. The zero-order valence-electron chi connectivity index (χ0n) is 17.7. The van der Waals surface area contributed by atoms with Crippen LogP contribution in [-0.2, 0) is 20.7 Å². The Morgan fingerprint density at radius 2 is 1.77 bits per heavy atom. The molecule has 2 aliphatic rings. The van der Waals surface area contributed by atoms with E-state index in [0.717, 1.165) is 22.4 Å². The lowest BCUT2D eigenvalue weighted by Gasteiger charge is -2.23. The van der Waals surface area contributed by atoms with Crippen LogP contribution in [0.2, 0.25) is 0 Å². The molecule has 0 saturated heterocycles. The third kappa shape index (κ3) is 3.67. The maximum atomic E-state index is 13.2. The molecule has 162 valence electrons. The highest BCUT2D eigenvalue weighted by molar-refractivity contribution is 7.17. The maximum Gasteiger partial charge on any atom is 0.341 e. The Morgan fingerprint density at radius 3 is 2.35 bits per heavy atom. The molecule has 0 unspecified atom stereocenters. The van der Waals surface area contributed by atoms with Crippen molar-refractivity contribution in [2.24, 2.45) is 23.7 Å². The summed E-state index contributed by atoms with van der Waals surface area (Å²) >= 11 is 1.31. The first kappa shape index (κ1) is 21.3. The fourth-order valence-corrected chi connectivity index (χ4v) is 5.96. The summed E-state index contributed by atoms with van der Waals surface area (Å²) in [4.78, 5) is 38.5. The van der Waals surface area contributed by atoms with E-state index in [9.17, 15) is 19.5 Å². The lowest BCUT2D eigenvalue weighted by Crippen LogP contribution is -2.36. The second-order valence-corrected chi connectivity index (χ2v) is 9.33. The van der Waals surface area contributed by atoms with Crippen LogP contribution in [0.5, 0.6) is 0 Å². The normalized spacial score (nSPS) is 23.7. The van der Waals surface area contributed by atoms with Crippen molar-refractivity contribution >= 4 is 34.2 Å².